The third kappa shape index (κ3) is 6.07. The second kappa shape index (κ2) is 9.57. The van der Waals surface area contributed by atoms with Gasteiger partial charge < -0.3 is 15.0 Å². The second-order valence-corrected chi connectivity index (χ2v) is 5.33. The van der Waals surface area contributed by atoms with Crippen LogP contribution in [-0.4, -0.2) is 56.6 Å². The van der Waals surface area contributed by atoms with Gasteiger partial charge in [-0.25, -0.2) is 10.5 Å². The third-order valence-corrected chi connectivity index (χ3v) is 3.69. The number of imidazole rings is 1. The number of nitrogens with zero attached hydrogens (tertiary/aromatic N) is 2. The van der Waals surface area contributed by atoms with Crippen molar-refractivity contribution in [2.75, 3.05) is 13.6 Å². The maximum absolute atomic E-state index is 12.1. The minimum atomic E-state index is -0.965. The standard InChI is InChI=1S/C11H18N2O5.C3H4N2/c1-13(6-9(14)12-18)10(15)7-4-2-3-5-8(7)11(16)17;1-2-5-3-4-1/h7-8,18H,2-6H2,1H3,(H,12,14)(H,16,17);1-3H,(H,4,5)/t7-,8+;/m1./s1. The SMILES string of the molecule is CN(CC(=O)NO)C(=O)[C@@H]1CCCC[C@@H]1C(=O)O.c1c[nH]cn1. The predicted octanol–water partition coefficient (Wildman–Crippen LogP) is 0.251. The Kier molecular flexibility index (Phi) is 7.75. The molecule has 9 nitrogen and oxygen atoms in total. The largest absolute Gasteiger partial charge is 0.481 e. The molecule has 1 aliphatic rings. The molecule has 128 valence electrons. The van der Waals surface area contributed by atoms with Crippen molar-refractivity contribution >= 4 is 17.8 Å². The fourth-order valence-corrected chi connectivity index (χ4v) is 2.55. The Morgan fingerprint density at radius 1 is 1.30 bits per heavy atom. The second-order valence-electron chi connectivity index (χ2n) is 5.33. The number of hydrogen-bond donors (Lipinski definition) is 4. The number of H-pyrrole nitrogens is 1. The Labute approximate surface area is 133 Å². The first-order valence-electron chi connectivity index (χ1n) is 7.30. The van der Waals surface area contributed by atoms with Crippen molar-refractivity contribution in [3.8, 4) is 0 Å². The van der Waals surface area contributed by atoms with Crippen LogP contribution in [0.3, 0.4) is 0 Å². The van der Waals surface area contributed by atoms with Crippen LogP contribution in [0.15, 0.2) is 18.7 Å². The van der Waals surface area contributed by atoms with Gasteiger partial charge in [-0.3, -0.25) is 19.6 Å². The first kappa shape index (κ1) is 18.6. The fraction of sp³-hybridized carbons (Fsp3) is 0.571. The molecule has 0 unspecified atom stereocenters. The van der Waals surface area contributed by atoms with Crippen molar-refractivity contribution in [2.24, 2.45) is 11.8 Å². The van der Waals surface area contributed by atoms with E-state index in [1.54, 1.807) is 18.7 Å². The van der Waals surface area contributed by atoms with E-state index in [9.17, 15) is 14.4 Å². The lowest BCUT2D eigenvalue weighted by atomic mass is 9.78. The summed E-state index contributed by atoms with van der Waals surface area (Å²) in [7, 11) is 1.42. The van der Waals surface area contributed by atoms with E-state index in [0.717, 1.165) is 17.7 Å². The van der Waals surface area contributed by atoms with Crippen LogP contribution in [0.2, 0.25) is 0 Å². The Balaban J connectivity index is 0.000000446. The number of hydrogen-bond acceptors (Lipinski definition) is 5. The molecule has 1 saturated carbocycles. The van der Waals surface area contributed by atoms with Crippen molar-refractivity contribution in [3.63, 3.8) is 0 Å². The number of hydroxylamine groups is 1. The molecule has 1 aromatic heterocycles. The number of aromatic amines is 1. The molecular weight excluding hydrogens is 304 g/mol. The summed E-state index contributed by atoms with van der Waals surface area (Å²) in [6.07, 6.45) is 7.73. The molecule has 2 atom stereocenters. The molecule has 0 spiro atoms. The lowest BCUT2D eigenvalue weighted by molar-refractivity contribution is -0.152. The number of aliphatic carboxylic acids is 1. The zero-order chi connectivity index (χ0) is 17.2. The summed E-state index contributed by atoms with van der Waals surface area (Å²) in [5.74, 6) is -3.27. The Bertz CT molecular complexity index is 488. The molecule has 23 heavy (non-hydrogen) atoms. The van der Waals surface area contributed by atoms with Gasteiger partial charge in [0.05, 0.1) is 18.2 Å². The van der Waals surface area contributed by atoms with Gasteiger partial charge in [-0.05, 0) is 12.8 Å². The van der Waals surface area contributed by atoms with Crippen molar-refractivity contribution in [3.05, 3.63) is 18.7 Å². The van der Waals surface area contributed by atoms with E-state index in [-0.39, 0.29) is 12.5 Å². The third-order valence-electron chi connectivity index (χ3n) is 3.69. The number of nitrogens with one attached hydrogen (secondary N) is 2. The van der Waals surface area contributed by atoms with Crippen LogP contribution in [0, 0.1) is 11.8 Å². The van der Waals surface area contributed by atoms with Gasteiger partial charge in [0, 0.05) is 19.4 Å². The highest BCUT2D eigenvalue weighted by Crippen LogP contribution is 2.31. The molecule has 4 N–H and O–H groups in total. The van der Waals surface area contributed by atoms with Gasteiger partial charge in [0.15, 0.2) is 0 Å². The fourth-order valence-electron chi connectivity index (χ4n) is 2.55. The van der Waals surface area contributed by atoms with Crippen LogP contribution in [0.5, 0.6) is 0 Å². The monoisotopic (exact) mass is 326 g/mol. The normalized spacial score (nSPS) is 19.9. The highest BCUT2D eigenvalue weighted by atomic mass is 16.5. The molecule has 0 aromatic carbocycles. The summed E-state index contributed by atoms with van der Waals surface area (Å²) < 4.78 is 0. The number of likely N-dealkylation sites (N-methyl/N-ethyl adjacent to an activating group) is 1. The van der Waals surface area contributed by atoms with Gasteiger partial charge >= 0.3 is 5.97 Å². The lowest BCUT2D eigenvalue weighted by Crippen LogP contribution is -2.44. The van der Waals surface area contributed by atoms with E-state index in [2.05, 4.69) is 9.97 Å². The van der Waals surface area contributed by atoms with Gasteiger partial charge in [-0.2, -0.15) is 0 Å². The van der Waals surface area contributed by atoms with Crippen LogP contribution in [0.1, 0.15) is 25.7 Å². The van der Waals surface area contributed by atoms with E-state index in [1.165, 1.54) is 12.5 Å². The van der Waals surface area contributed by atoms with E-state index in [0.29, 0.717) is 12.8 Å². The van der Waals surface area contributed by atoms with Crippen LogP contribution >= 0.6 is 0 Å². The van der Waals surface area contributed by atoms with Crippen molar-refractivity contribution < 1.29 is 24.7 Å². The van der Waals surface area contributed by atoms with Crippen LogP contribution in [0.25, 0.3) is 0 Å². The van der Waals surface area contributed by atoms with Crippen molar-refractivity contribution in [1.82, 2.24) is 20.3 Å². The van der Waals surface area contributed by atoms with Gasteiger partial charge in [0.1, 0.15) is 6.54 Å². The molecule has 9 heteroatoms. The Morgan fingerprint density at radius 2 is 1.96 bits per heavy atom. The number of aromatic nitrogens is 2. The first-order chi connectivity index (χ1) is 11.0. The van der Waals surface area contributed by atoms with Crippen molar-refractivity contribution in [1.29, 1.82) is 0 Å². The van der Waals surface area contributed by atoms with Crippen LogP contribution < -0.4 is 5.48 Å². The number of carboxylic acid groups (broad SMARTS) is 1. The summed E-state index contributed by atoms with van der Waals surface area (Å²) in [6, 6.07) is 0. The molecule has 0 radical (unpaired) electrons. The number of carboxylic acids is 1. The maximum atomic E-state index is 12.1. The lowest BCUT2D eigenvalue weighted by Gasteiger charge is -2.30. The summed E-state index contributed by atoms with van der Waals surface area (Å²) in [6.45, 7) is -0.280. The highest BCUT2D eigenvalue weighted by molar-refractivity contribution is 5.88. The molecule has 2 amide bonds. The zero-order valence-corrected chi connectivity index (χ0v) is 12.9. The number of carbonyl (C=O) groups excluding carboxylic acids is 2. The Hall–Kier alpha value is -2.42. The summed E-state index contributed by atoms with van der Waals surface area (Å²) >= 11 is 0. The molecule has 0 saturated heterocycles. The molecule has 1 heterocycles. The maximum Gasteiger partial charge on any atom is 0.307 e. The zero-order valence-electron chi connectivity index (χ0n) is 12.9. The van der Waals surface area contributed by atoms with Crippen LogP contribution in [-0.2, 0) is 14.4 Å². The average Bonchev–Trinajstić information content (AvgIpc) is 3.13. The molecule has 1 aliphatic carbocycles. The van der Waals surface area contributed by atoms with Gasteiger partial charge in [0.25, 0.3) is 5.91 Å². The summed E-state index contributed by atoms with van der Waals surface area (Å²) in [5, 5.41) is 17.5. The topological polar surface area (TPSA) is 136 Å². The first-order valence-corrected chi connectivity index (χ1v) is 7.30. The van der Waals surface area contributed by atoms with Gasteiger partial charge in [-0.15, -0.1) is 0 Å². The summed E-state index contributed by atoms with van der Waals surface area (Å²) in [4.78, 5) is 41.7. The predicted molar refractivity (Wildman–Crippen MR) is 79.2 cm³/mol. The van der Waals surface area contributed by atoms with Gasteiger partial charge in [-0.1, -0.05) is 12.8 Å². The van der Waals surface area contributed by atoms with Crippen LogP contribution in [0.4, 0.5) is 0 Å². The molecular formula is C14H22N4O5. The number of rotatable bonds is 4. The van der Waals surface area contributed by atoms with E-state index >= 15 is 0 Å². The molecule has 0 aliphatic heterocycles. The minimum Gasteiger partial charge on any atom is -0.481 e. The molecule has 0 bridgehead atoms. The highest BCUT2D eigenvalue weighted by Gasteiger charge is 2.37. The molecule has 2 rings (SSSR count). The van der Waals surface area contributed by atoms with Gasteiger partial charge in [0.2, 0.25) is 5.91 Å². The minimum absolute atomic E-state index is 0.280. The van der Waals surface area contributed by atoms with Crippen molar-refractivity contribution in [2.45, 2.75) is 25.7 Å². The van der Waals surface area contributed by atoms with E-state index < -0.39 is 23.7 Å². The number of carbonyl (C=O) groups is 3. The number of amides is 2. The van der Waals surface area contributed by atoms with E-state index in [4.69, 9.17) is 10.3 Å². The Morgan fingerprint density at radius 3 is 2.39 bits per heavy atom. The quantitative estimate of drug-likeness (QED) is 0.462. The molecule has 1 aromatic rings. The smallest absolute Gasteiger partial charge is 0.307 e. The van der Waals surface area contributed by atoms with E-state index in [1.807, 2.05) is 0 Å². The molecule has 1 fully saturated rings. The average molecular weight is 326 g/mol. The summed E-state index contributed by atoms with van der Waals surface area (Å²) in [5.41, 5.74) is 1.44.